The molecule has 2 aromatic heterocycles. The van der Waals surface area contributed by atoms with E-state index in [1.165, 1.54) is 17.7 Å². The average molecular weight is 443 g/mol. The van der Waals surface area contributed by atoms with E-state index in [0.717, 1.165) is 49.2 Å². The van der Waals surface area contributed by atoms with Gasteiger partial charge in [0, 0.05) is 44.2 Å². The summed E-state index contributed by atoms with van der Waals surface area (Å²) in [6.45, 7) is 6.81. The maximum atomic E-state index is 15.3. The molecular weight excluding hydrogens is 411 g/mol. The summed E-state index contributed by atoms with van der Waals surface area (Å²) >= 11 is 0. The molecule has 5 rings (SSSR count). The lowest BCUT2D eigenvalue weighted by Gasteiger charge is -2.38. The molecule has 0 aliphatic carbocycles. The molecule has 3 aliphatic rings. The van der Waals surface area contributed by atoms with Crippen LogP contribution in [0.25, 0.3) is 11.0 Å². The normalized spacial score (nSPS) is 26.0. The second-order valence-electron chi connectivity index (χ2n) is 9.36. The molecule has 0 aromatic carbocycles. The third-order valence-corrected chi connectivity index (χ3v) is 7.14. The fraction of sp³-hybridized carbons (Fsp3) is 0.609. The lowest BCUT2D eigenvalue weighted by molar-refractivity contribution is -0.120. The Kier molecular flexibility index (Phi) is 5.86. The molecule has 9 heteroatoms. The number of rotatable bonds is 4. The highest BCUT2D eigenvalue weighted by atomic mass is 19.1. The molecule has 3 aliphatic heterocycles. The number of halogens is 1. The molecule has 3 saturated heterocycles. The van der Waals surface area contributed by atoms with Gasteiger partial charge in [-0.2, -0.15) is 0 Å². The molecule has 2 atom stereocenters. The predicted octanol–water partition coefficient (Wildman–Crippen LogP) is 2.38. The zero-order chi connectivity index (χ0) is 22.2. The van der Waals surface area contributed by atoms with E-state index >= 15 is 4.39 Å². The number of imide groups is 1. The monoisotopic (exact) mass is 442 g/mol. The third kappa shape index (κ3) is 4.11. The minimum Gasteiger partial charge on any atom is -0.326 e. The van der Waals surface area contributed by atoms with Gasteiger partial charge in [-0.05, 0) is 56.8 Å². The number of hydrogen-bond donors (Lipinski definition) is 2. The van der Waals surface area contributed by atoms with Crippen LogP contribution in [0.3, 0.4) is 0 Å². The standard InChI is InChI=1S/C23H31FN6O2/c1-15-12-30(20-4-8-28(14-19(20)24)13-16-2-6-25-7-3-16)22-18(15)10-17(11-26-22)29-9-5-21(31)27-23(29)32/h10-12,16,19-20,25H,2-9,13-14H2,1H3,(H,27,31,32)/t19-,20+/m1/s1. The highest BCUT2D eigenvalue weighted by molar-refractivity contribution is 6.06. The molecule has 0 saturated carbocycles. The highest BCUT2D eigenvalue weighted by Gasteiger charge is 2.33. The van der Waals surface area contributed by atoms with E-state index in [0.29, 0.717) is 24.7 Å². The Morgan fingerprint density at radius 2 is 2.00 bits per heavy atom. The maximum absolute atomic E-state index is 15.3. The molecule has 0 bridgehead atoms. The van der Waals surface area contributed by atoms with Crippen LogP contribution in [0, 0.1) is 12.8 Å². The maximum Gasteiger partial charge on any atom is 0.328 e. The van der Waals surface area contributed by atoms with Crippen LogP contribution in [0.1, 0.15) is 37.3 Å². The number of aryl methyl sites for hydroxylation is 1. The summed E-state index contributed by atoms with van der Waals surface area (Å²) in [4.78, 5) is 32.1. The van der Waals surface area contributed by atoms with Crippen LogP contribution in [0.4, 0.5) is 14.9 Å². The van der Waals surface area contributed by atoms with Crippen LogP contribution in [0.2, 0.25) is 0 Å². The van der Waals surface area contributed by atoms with Crippen LogP contribution in [-0.2, 0) is 4.79 Å². The van der Waals surface area contributed by atoms with Crippen molar-refractivity contribution >= 4 is 28.7 Å². The van der Waals surface area contributed by atoms with E-state index in [-0.39, 0.29) is 18.4 Å². The van der Waals surface area contributed by atoms with Gasteiger partial charge in [0.2, 0.25) is 5.91 Å². The number of likely N-dealkylation sites (tertiary alicyclic amines) is 1. The van der Waals surface area contributed by atoms with Crippen molar-refractivity contribution in [2.75, 3.05) is 44.2 Å². The van der Waals surface area contributed by atoms with Crippen LogP contribution >= 0.6 is 0 Å². The van der Waals surface area contributed by atoms with Crippen LogP contribution < -0.4 is 15.5 Å². The van der Waals surface area contributed by atoms with Gasteiger partial charge in [-0.25, -0.2) is 14.2 Å². The number of hydrogen-bond acceptors (Lipinski definition) is 5. The zero-order valence-electron chi connectivity index (χ0n) is 18.5. The van der Waals surface area contributed by atoms with Crippen molar-refractivity contribution < 1.29 is 14.0 Å². The fourth-order valence-corrected chi connectivity index (χ4v) is 5.36. The first-order valence-corrected chi connectivity index (χ1v) is 11.7. The molecule has 0 unspecified atom stereocenters. The second kappa shape index (κ2) is 8.78. The first-order chi connectivity index (χ1) is 15.5. The molecule has 5 heterocycles. The molecule has 3 fully saturated rings. The summed E-state index contributed by atoms with van der Waals surface area (Å²) < 4.78 is 17.3. The number of amides is 3. The topological polar surface area (TPSA) is 82.5 Å². The Balaban J connectivity index is 1.32. The van der Waals surface area contributed by atoms with Gasteiger partial charge in [0.1, 0.15) is 11.8 Å². The summed E-state index contributed by atoms with van der Waals surface area (Å²) in [5.41, 5.74) is 2.41. The molecule has 2 aromatic rings. The Morgan fingerprint density at radius 1 is 1.19 bits per heavy atom. The number of nitrogens with zero attached hydrogens (tertiary/aromatic N) is 4. The molecule has 3 amide bonds. The molecule has 172 valence electrons. The summed E-state index contributed by atoms with van der Waals surface area (Å²) in [7, 11) is 0. The van der Waals surface area contributed by atoms with Gasteiger partial charge >= 0.3 is 6.03 Å². The van der Waals surface area contributed by atoms with Crippen LogP contribution in [0.5, 0.6) is 0 Å². The summed E-state index contributed by atoms with van der Waals surface area (Å²) in [5.74, 6) is 0.403. The smallest absolute Gasteiger partial charge is 0.326 e. The average Bonchev–Trinajstić information content (AvgIpc) is 3.10. The van der Waals surface area contributed by atoms with Gasteiger partial charge in [0.15, 0.2) is 0 Å². The van der Waals surface area contributed by atoms with Crippen molar-refractivity contribution in [3.63, 3.8) is 0 Å². The molecule has 0 spiro atoms. The number of carbonyl (C=O) groups excluding carboxylic acids is 2. The number of fused-ring (bicyclic) bond motifs is 1. The molecule has 0 radical (unpaired) electrons. The number of urea groups is 1. The number of nitrogens with one attached hydrogen (secondary N) is 2. The van der Waals surface area contributed by atoms with E-state index in [4.69, 9.17) is 0 Å². The zero-order valence-corrected chi connectivity index (χ0v) is 18.5. The Morgan fingerprint density at radius 3 is 2.75 bits per heavy atom. The van der Waals surface area contributed by atoms with E-state index in [2.05, 4.69) is 20.5 Å². The number of aromatic nitrogens is 2. The molecule has 8 nitrogen and oxygen atoms in total. The van der Waals surface area contributed by atoms with E-state index in [9.17, 15) is 9.59 Å². The van der Waals surface area contributed by atoms with Crippen molar-refractivity contribution in [3.8, 4) is 0 Å². The number of anilines is 1. The van der Waals surface area contributed by atoms with Crippen molar-refractivity contribution in [1.29, 1.82) is 0 Å². The molecular formula is C23H31FN6O2. The summed E-state index contributed by atoms with van der Waals surface area (Å²) in [6.07, 6.45) is 6.06. The summed E-state index contributed by atoms with van der Waals surface area (Å²) in [6, 6.07) is 1.26. The fourth-order valence-electron chi connectivity index (χ4n) is 5.36. The van der Waals surface area contributed by atoms with Crippen molar-refractivity contribution in [3.05, 3.63) is 24.0 Å². The van der Waals surface area contributed by atoms with Gasteiger partial charge in [-0.3, -0.25) is 15.0 Å². The number of pyridine rings is 1. The van der Waals surface area contributed by atoms with Gasteiger partial charge in [-0.1, -0.05) is 0 Å². The Hall–Kier alpha value is -2.52. The largest absolute Gasteiger partial charge is 0.328 e. The Bertz CT molecular complexity index is 1020. The minimum atomic E-state index is -0.944. The second-order valence-corrected chi connectivity index (χ2v) is 9.36. The molecule has 2 N–H and O–H groups in total. The third-order valence-electron chi connectivity index (χ3n) is 7.14. The van der Waals surface area contributed by atoms with Gasteiger partial charge in [0.05, 0.1) is 17.9 Å². The van der Waals surface area contributed by atoms with Gasteiger partial charge in [-0.15, -0.1) is 0 Å². The minimum absolute atomic E-state index is 0.232. The van der Waals surface area contributed by atoms with Crippen LogP contribution in [0.15, 0.2) is 18.5 Å². The van der Waals surface area contributed by atoms with E-state index < -0.39 is 12.2 Å². The first-order valence-electron chi connectivity index (χ1n) is 11.7. The SMILES string of the molecule is Cc1cn([C@H]2CCN(CC3CCNCC3)C[C@H]2F)c2ncc(N3CCC(=O)NC3=O)cc12. The highest BCUT2D eigenvalue weighted by Crippen LogP contribution is 2.33. The number of piperidine rings is 2. The van der Waals surface area contributed by atoms with Crippen molar-refractivity contribution in [2.45, 2.75) is 44.8 Å². The van der Waals surface area contributed by atoms with Crippen molar-refractivity contribution in [2.24, 2.45) is 5.92 Å². The Labute approximate surface area is 187 Å². The number of alkyl halides is 1. The van der Waals surface area contributed by atoms with E-state index in [1.807, 2.05) is 23.8 Å². The van der Waals surface area contributed by atoms with Crippen molar-refractivity contribution in [1.82, 2.24) is 25.1 Å². The van der Waals surface area contributed by atoms with E-state index in [1.54, 1.807) is 6.20 Å². The predicted molar refractivity (Wildman–Crippen MR) is 121 cm³/mol. The quantitative estimate of drug-likeness (QED) is 0.760. The molecule has 32 heavy (non-hydrogen) atoms. The van der Waals surface area contributed by atoms with Crippen LogP contribution in [-0.4, -0.2) is 71.8 Å². The lowest BCUT2D eigenvalue weighted by atomic mass is 9.95. The summed E-state index contributed by atoms with van der Waals surface area (Å²) in [5, 5.41) is 6.65. The first kappa shape index (κ1) is 21.3. The van der Waals surface area contributed by atoms with Gasteiger partial charge < -0.3 is 14.8 Å². The van der Waals surface area contributed by atoms with Gasteiger partial charge in [0.25, 0.3) is 0 Å². The lowest BCUT2D eigenvalue weighted by Crippen LogP contribution is -2.49. The number of carbonyl (C=O) groups is 2.